The maximum Gasteiger partial charge on any atom is 0.164 e. The van der Waals surface area contributed by atoms with Crippen LogP contribution in [0.5, 0.6) is 0 Å². The van der Waals surface area contributed by atoms with Gasteiger partial charge in [0.25, 0.3) is 0 Å². The van der Waals surface area contributed by atoms with Crippen LogP contribution in [-0.2, 0) is 7.05 Å². The smallest absolute Gasteiger partial charge is 0.164 e. The summed E-state index contributed by atoms with van der Waals surface area (Å²) in [4.78, 5) is 6.36. The Hall–Kier alpha value is -1.91. The van der Waals surface area contributed by atoms with Crippen LogP contribution in [0.3, 0.4) is 0 Å². The lowest BCUT2D eigenvalue weighted by molar-refractivity contribution is 0.555. The van der Waals surface area contributed by atoms with Crippen molar-refractivity contribution in [3.8, 4) is 11.4 Å². The largest absolute Gasteiger partial charge is 0.369 e. The fraction of sp³-hybridized carbons (Fsp3) is 0.467. The normalized spacial score (nSPS) is 15.7. The van der Waals surface area contributed by atoms with E-state index in [4.69, 9.17) is 0 Å². The van der Waals surface area contributed by atoms with Crippen LogP contribution in [0.15, 0.2) is 18.5 Å². The molecule has 0 radical (unpaired) electrons. The monoisotopic (exact) mass is 274 g/mol. The fourth-order valence-electron chi connectivity index (χ4n) is 2.85. The summed E-state index contributed by atoms with van der Waals surface area (Å²) < 4.78 is 15.9. The molecule has 0 N–H and O–H groups in total. The molecule has 0 amide bonds. The van der Waals surface area contributed by atoms with Gasteiger partial charge in [0.15, 0.2) is 5.82 Å². The predicted molar refractivity (Wildman–Crippen MR) is 77.2 cm³/mol. The number of anilines is 1. The minimum Gasteiger partial charge on any atom is -0.369 e. The molecule has 106 valence electrons. The summed E-state index contributed by atoms with van der Waals surface area (Å²) in [5.41, 5.74) is 3.44. The van der Waals surface area contributed by atoms with Crippen molar-refractivity contribution in [1.82, 2.24) is 14.8 Å². The standard InChI is InChI=1S/C15H19FN4/c1-11-9-18-19(2)15(11)13-8-14(12(16)10-17-13)20-6-4-3-5-7-20/h8-10H,3-7H2,1-2H3. The van der Waals surface area contributed by atoms with Gasteiger partial charge in [-0.05, 0) is 37.8 Å². The number of hydrogen-bond donors (Lipinski definition) is 0. The molecule has 0 unspecified atom stereocenters. The average Bonchev–Trinajstić information content (AvgIpc) is 2.80. The molecule has 0 saturated carbocycles. The van der Waals surface area contributed by atoms with Crippen molar-refractivity contribution in [2.75, 3.05) is 18.0 Å². The molecule has 0 bridgehead atoms. The summed E-state index contributed by atoms with van der Waals surface area (Å²) in [5.74, 6) is -0.240. The summed E-state index contributed by atoms with van der Waals surface area (Å²) in [6.45, 7) is 3.84. The quantitative estimate of drug-likeness (QED) is 0.844. The molecular formula is C15H19FN4. The lowest BCUT2D eigenvalue weighted by Crippen LogP contribution is -2.30. The summed E-state index contributed by atoms with van der Waals surface area (Å²) in [5, 5.41) is 4.23. The van der Waals surface area contributed by atoms with Crippen LogP contribution in [0.4, 0.5) is 10.1 Å². The molecule has 0 aliphatic carbocycles. The summed E-state index contributed by atoms with van der Waals surface area (Å²) in [6, 6.07) is 1.85. The number of halogens is 1. The summed E-state index contributed by atoms with van der Waals surface area (Å²) in [7, 11) is 1.88. The Morgan fingerprint density at radius 1 is 1.15 bits per heavy atom. The van der Waals surface area contributed by atoms with Crippen LogP contribution >= 0.6 is 0 Å². The van der Waals surface area contributed by atoms with Crippen molar-refractivity contribution in [3.63, 3.8) is 0 Å². The van der Waals surface area contributed by atoms with Gasteiger partial charge >= 0.3 is 0 Å². The number of pyridine rings is 1. The van der Waals surface area contributed by atoms with Crippen LogP contribution in [0.2, 0.25) is 0 Å². The second kappa shape index (κ2) is 5.23. The third kappa shape index (κ3) is 2.28. The van der Waals surface area contributed by atoms with Crippen LogP contribution < -0.4 is 4.90 Å². The van der Waals surface area contributed by atoms with E-state index in [1.54, 1.807) is 10.9 Å². The van der Waals surface area contributed by atoms with Crippen LogP contribution in [0, 0.1) is 12.7 Å². The van der Waals surface area contributed by atoms with Crippen LogP contribution in [-0.4, -0.2) is 27.9 Å². The number of nitrogens with zero attached hydrogens (tertiary/aromatic N) is 4. The highest BCUT2D eigenvalue weighted by Gasteiger charge is 2.18. The van der Waals surface area contributed by atoms with Crippen LogP contribution in [0.1, 0.15) is 24.8 Å². The zero-order valence-electron chi connectivity index (χ0n) is 11.9. The van der Waals surface area contributed by atoms with E-state index in [1.807, 2.05) is 20.0 Å². The molecule has 1 aliphatic heterocycles. The highest BCUT2D eigenvalue weighted by Crippen LogP contribution is 2.28. The fourth-order valence-corrected chi connectivity index (χ4v) is 2.85. The highest BCUT2D eigenvalue weighted by atomic mass is 19.1. The van der Waals surface area contributed by atoms with E-state index < -0.39 is 0 Å². The summed E-state index contributed by atoms with van der Waals surface area (Å²) >= 11 is 0. The summed E-state index contributed by atoms with van der Waals surface area (Å²) in [6.07, 6.45) is 6.62. The minimum atomic E-state index is -0.240. The van der Waals surface area contributed by atoms with E-state index in [2.05, 4.69) is 15.0 Å². The van der Waals surface area contributed by atoms with Gasteiger partial charge in [-0.1, -0.05) is 0 Å². The molecule has 0 spiro atoms. The first kappa shape index (κ1) is 13.1. The second-order valence-corrected chi connectivity index (χ2v) is 5.37. The van der Waals surface area contributed by atoms with Crippen molar-refractivity contribution < 1.29 is 4.39 Å². The van der Waals surface area contributed by atoms with E-state index in [0.29, 0.717) is 5.69 Å². The van der Waals surface area contributed by atoms with E-state index in [0.717, 1.165) is 42.9 Å². The molecule has 2 aromatic rings. The van der Waals surface area contributed by atoms with Gasteiger partial charge in [0.05, 0.1) is 29.5 Å². The Bertz CT molecular complexity index is 595. The zero-order chi connectivity index (χ0) is 14.1. The molecule has 0 aromatic carbocycles. The zero-order valence-corrected chi connectivity index (χ0v) is 11.9. The van der Waals surface area contributed by atoms with Crippen molar-refractivity contribution in [2.24, 2.45) is 7.05 Å². The Kier molecular flexibility index (Phi) is 3.42. The molecule has 1 aliphatic rings. The van der Waals surface area contributed by atoms with Crippen molar-refractivity contribution in [2.45, 2.75) is 26.2 Å². The predicted octanol–water partition coefficient (Wildman–Crippen LogP) is 2.92. The number of piperidine rings is 1. The number of hydrogen-bond acceptors (Lipinski definition) is 3. The Labute approximate surface area is 118 Å². The Morgan fingerprint density at radius 3 is 2.55 bits per heavy atom. The first-order valence-electron chi connectivity index (χ1n) is 7.06. The number of rotatable bonds is 2. The van der Waals surface area contributed by atoms with E-state index in [1.165, 1.54) is 12.6 Å². The van der Waals surface area contributed by atoms with E-state index >= 15 is 0 Å². The van der Waals surface area contributed by atoms with Gasteiger partial charge in [-0.3, -0.25) is 9.67 Å². The third-order valence-corrected chi connectivity index (χ3v) is 3.90. The third-order valence-electron chi connectivity index (χ3n) is 3.90. The topological polar surface area (TPSA) is 34.0 Å². The van der Waals surface area contributed by atoms with Gasteiger partial charge in [-0.15, -0.1) is 0 Å². The first-order chi connectivity index (χ1) is 9.66. The van der Waals surface area contributed by atoms with Crippen molar-refractivity contribution >= 4 is 5.69 Å². The molecule has 3 rings (SSSR count). The lowest BCUT2D eigenvalue weighted by atomic mass is 10.1. The molecule has 1 saturated heterocycles. The number of aromatic nitrogens is 3. The van der Waals surface area contributed by atoms with Gasteiger partial charge in [-0.25, -0.2) is 4.39 Å². The van der Waals surface area contributed by atoms with Crippen molar-refractivity contribution in [1.29, 1.82) is 0 Å². The SMILES string of the molecule is Cc1cnn(C)c1-c1cc(N2CCCCC2)c(F)cn1. The second-order valence-electron chi connectivity index (χ2n) is 5.37. The van der Waals surface area contributed by atoms with Gasteiger partial charge in [-0.2, -0.15) is 5.10 Å². The first-order valence-corrected chi connectivity index (χ1v) is 7.06. The van der Waals surface area contributed by atoms with Gasteiger partial charge < -0.3 is 4.90 Å². The molecule has 1 fully saturated rings. The number of aryl methyl sites for hydroxylation is 2. The molecule has 3 heterocycles. The minimum absolute atomic E-state index is 0.240. The molecule has 0 atom stereocenters. The molecular weight excluding hydrogens is 255 g/mol. The van der Waals surface area contributed by atoms with E-state index in [-0.39, 0.29) is 5.82 Å². The maximum absolute atomic E-state index is 14.1. The molecule has 5 heteroatoms. The van der Waals surface area contributed by atoms with Gasteiger partial charge in [0, 0.05) is 20.1 Å². The van der Waals surface area contributed by atoms with Gasteiger partial charge in [0.1, 0.15) is 0 Å². The molecule has 20 heavy (non-hydrogen) atoms. The molecule has 4 nitrogen and oxygen atoms in total. The van der Waals surface area contributed by atoms with Crippen LogP contribution in [0.25, 0.3) is 11.4 Å². The maximum atomic E-state index is 14.1. The molecule has 2 aromatic heterocycles. The lowest BCUT2D eigenvalue weighted by Gasteiger charge is -2.29. The van der Waals surface area contributed by atoms with Gasteiger partial charge in [0.2, 0.25) is 0 Å². The average molecular weight is 274 g/mol. The Balaban J connectivity index is 2.02. The Morgan fingerprint density at radius 2 is 1.90 bits per heavy atom. The highest BCUT2D eigenvalue weighted by molar-refractivity contribution is 5.64. The van der Waals surface area contributed by atoms with E-state index in [9.17, 15) is 4.39 Å². The van der Waals surface area contributed by atoms with Crippen molar-refractivity contribution in [3.05, 3.63) is 29.8 Å².